The molecule has 1 aromatic rings. The van der Waals surface area contributed by atoms with Crippen molar-refractivity contribution in [2.45, 2.75) is 13.3 Å². The molecule has 76 valence electrons. The first-order chi connectivity index (χ1) is 6.81. The van der Waals surface area contributed by atoms with Gasteiger partial charge in [-0.3, -0.25) is 0 Å². The smallest absolute Gasteiger partial charge is 0.129 e. The molecule has 0 spiro atoms. The molecule has 14 heavy (non-hydrogen) atoms. The van der Waals surface area contributed by atoms with E-state index in [0.29, 0.717) is 0 Å². The zero-order chi connectivity index (χ0) is 10.4. The van der Waals surface area contributed by atoms with E-state index in [2.05, 4.69) is 19.1 Å². The lowest BCUT2D eigenvalue weighted by atomic mass is 10.1. The first-order valence-corrected chi connectivity index (χ1v) is 4.70. The molecule has 0 aromatic heterocycles. The fourth-order valence-corrected chi connectivity index (χ4v) is 1.20. The third-order valence-corrected chi connectivity index (χ3v) is 1.97. The van der Waals surface area contributed by atoms with Crippen LogP contribution in [-0.4, -0.2) is 14.2 Å². The molecule has 0 aliphatic heterocycles. The zero-order valence-corrected chi connectivity index (χ0v) is 8.91. The Morgan fingerprint density at radius 2 is 2.00 bits per heavy atom. The van der Waals surface area contributed by atoms with Crippen molar-refractivity contribution in [1.82, 2.24) is 0 Å². The molecule has 0 aliphatic rings. The van der Waals surface area contributed by atoms with Gasteiger partial charge in [-0.05, 0) is 18.6 Å². The Balaban J connectivity index is 2.99. The molecule has 1 rings (SSSR count). The molecule has 2 heteroatoms. The van der Waals surface area contributed by atoms with Gasteiger partial charge in [0.25, 0.3) is 0 Å². The average Bonchev–Trinajstić information content (AvgIpc) is 2.26. The van der Waals surface area contributed by atoms with Gasteiger partial charge in [0.05, 0.1) is 14.2 Å². The van der Waals surface area contributed by atoms with E-state index in [1.807, 2.05) is 18.2 Å². The molecule has 0 bridgehead atoms. The van der Waals surface area contributed by atoms with Crippen molar-refractivity contribution in [2.75, 3.05) is 14.2 Å². The van der Waals surface area contributed by atoms with E-state index in [0.717, 1.165) is 23.5 Å². The van der Waals surface area contributed by atoms with Gasteiger partial charge in [0.15, 0.2) is 0 Å². The molecule has 0 atom stereocenters. The predicted molar refractivity (Wildman–Crippen MR) is 58.9 cm³/mol. The molecule has 0 saturated carbocycles. The van der Waals surface area contributed by atoms with Crippen LogP contribution in [0.3, 0.4) is 0 Å². The summed E-state index contributed by atoms with van der Waals surface area (Å²) in [6.45, 7) is 2.10. The second-order valence-electron chi connectivity index (χ2n) is 2.92. The van der Waals surface area contributed by atoms with Gasteiger partial charge in [0.1, 0.15) is 11.5 Å². The van der Waals surface area contributed by atoms with E-state index in [9.17, 15) is 0 Å². The van der Waals surface area contributed by atoms with Crippen LogP contribution in [-0.2, 0) is 0 Å². The Morgan fingerprint density at radius 3 is 2.57 bits per heavy atom. The van der Waals surface area contributed by atoms with Crippen LogP contribution >= 0.6 is 0 Å². The molecular formula is C12H16O2. The minimum Gasteiger partial charge on any atom is -0.497 e. The summed E-state index contributed by atoms with van der Waals surface area (Å²) in [6.07, 6.45) is 5.18. The van der Waals surface area contributed by atoms with E-state index in [1.54, 1.807) is 14.2 Å². The third kappa shape index (κ3) is 2.52. The Kier molecular flexibility index (Phi) is 4.05. The normalized spacial score (nSPS) is 10.5. The average molecular weight is 192 g/mol. The topological polar surface area (TPSA) is 18.5 Å². The van der Waals surface area contributed by atoms with Crippen LogP contribution in [0.15, 0.2) is 24.3 Å². The Morgan fingerprint density at radius 1 is 1.21 bits per heavy atom. The number of rotatable bonds is 4. The van der Waals surface area contributed by atoms with Crippen molar-refractivity contribution >= 4 is 6.08 Å². The van der Waals surface area contributed by atoms with Crippen LogP contribution in [0.25, 0.3) is 6.08 Å². The highest BCUT2D eigenvalue weighted by Crippen LogP contribution is 2.25. The first kappa shape index (κ1) is 10.6. The van der Waals surface area contributed by atoms with Gasteiger partial charge >= 0.3 is 0 Å². The van der Waals surface area contributed by atoms with Gasteiger partial charge < -0.3 is 9.47 Å². The largest absolute Gasteiger partial charge is 0.497 e. The fourth-order valence-electron chi connectivity index (χ4n) is 1.20. The molecule has 0 radical (unpaired) electrons. The molecule has 0 N–H and O–H groups in total. The van der Waals surface area contributed by atoms with E-state index in [4.69, 9.17) is 9.47 Å². The maximum absolute atomic E-state index is 5.25. The molecule has 0 amide bonds. The number of hydrogen-bond acceptors (Lipinski definition) is 2. The number of ether oxygens (including phenoxy) is 2. The van der Waals surface area contributed by atoms with Crippen molar-refractivity contribution < 1.29 is 9.47 Å². The van der Waals surface area contributed by atoms with Crippen LogP contribution in [0.4, 0.5) is 0 Å². The van der Waals surface area contributed by atoms with Crippen molar-refractivity contribution in [3.63, 3.8) is 0 Å². The highest BCUT2D eigenvalue weighted by atomic mass is 16.5. The van der Waals surface area contributed by atoms with Crippen molar-refractivity contribution in [2.24, 2.45) is 0 Å². The van der Waals surface area contributed by atoms with Gasteiger partial charge in [-0.2, -0.15) is 0 Å². The van der Waals surface area contributed by atoms with Gasteiger partial charge in [0.2, 0.25) is 0 Å². The van der Waals surface area contributed by atoms with E-state index >= 15 is 0 Å². The van der Waals surface area contributed by atoms with E-state index in [1.165, 1.54) is 0 Å². The van der Waals surface area contributed by atoms with Crippen molar-refractivity contribution in [1.29, 1.82) is 0 Å². The Hall–Kier alpha value is -1.44. The molecule has 0 aliphatic carbocycles. The summed E-state index contributed by atoms with van der Waals surface area (Å²) in [7, 11) is 3.31. The maximum atomic E-state index is 5.25. The number of hydrogen-bond donors (Lipinski definition) is 0. The summed E-state index contributed by atoms with van der Waals surface area (Å²) < 4.78 is 10.4. The minimum atomic E-state index is 0.815. The first-order valence-electron chi connectivity index (χ1n) is 4.70. The summed E-state index contributed by atoms with van der Waals surface area (Å²) in [6, 6.07) is 5.80. The highest BCUT2D eigenvalue weighted by Gasteiger charge is 2.00. The summed E-state index contributed by atoms with van der Waals surface area (Å²) in [5.41, 5.74) is 1.08. The van der Waals surface area contributed by atoms with E-state index in [-0.39, 0.29) is 0 Å². The SMILES string of the molecule is CC/C=C/c1ccc(OC)cc1OC. The summed E-state index contributed by atoms with van der Waals surface area (Å²) in [4.78, 5) is 0. The molecule has 2 nitrogen and oxygen atoms in total. The van der Waals surface area contributed by atoms with Crippen LogP contribution in [0.5, 0.6) is 11.5 Å². The van der Waals surface area contributed by atoms with Gasteiger partial charge in [-0.25, -0.2) is 0 Å². The lowest BCUT2D eigenvalue weighted by Crippen LogP contribution is -1.89. The van der Waals surface area contributed by atoms with Crippen molar-refractivity contribution in [3.05, 3.63) is 29.8 Å². The van der Waals surface area contributed by atoms with Gasteiger partial charge in [0, 0.05) is 11.6 Å². The Labute approximate surface area is 85.2 Å². The molecular weight excluding hydrogens is 176 g/mol. The maximum Gasteiger partial charge on any atom is 0.129 e. The highest BCUT2D eigenvalue weighted by molar-refractivity contribution is 5.59. The summed E-state index contributed by atoms with van der Waals surface area (Å²) in [5, 5.41) is 0. The quantitative estimate of drug-likeness (QED) is 0.729. The summed E-state index contributed by atoms with van der Waals surface area (Å²) in [5.74, 6) is 1.66. The second-order valence-corrected chi connectivity index (χ2v) is 2.92. The van der Waals surface area contributed by atoms with Crippen LogP contribution < -0.4 is 9.47 Å². The lowest BCUT2D eigenvalue weighted by Gasteiger charge is -2.06. The van der Waals surface area contributed by atoms with Crippen LogP contribution in [0.1, 0.15) is 18.9 Å². The molecule has 0 saturated heterocycles. The lowest BCUT2D eigenvalue weighted by molar-refractivity contribution is 0.394. The molecule has 1 aromatic carbocycles. The number of benzene rings is 1. The van der Waals surface area contributed by atoms with Crippen molar-refractivity contribution in [3.8, 4) is 11.5 Å². The summed E-state index contributed by atoms with van der Waals surface area (Å²) >= 11 is 0. The second kappa shape index (κ2) is 5.32. The zero-order valence-electron chi connectivity index (χ0n) is 8.91. The standard InChI is InChI=1S/C12H16O2/c1-4-5-6-10-7-8-11(13-2)9-12(10)14-3/h5-9H,4H2,1-3H3/b6-5+. The molecule has 0 fully saturated rings. The monoisotopic (exact) mass is 192 g/mol. The predicted octanol–water partition coefficient (Wildman–Crippen LogP) is 3.13. The van der Waals surface area contributed by atoms with Crippen LogP contribution in [0.2, 0.25) is 0 Å². The molecule has 0 unspecified atom stereocenters. The van der Waals surface area contributed by atoms with E-state index < -0.39 is 0 Å². The number of allylic oxidation sites excluding steroid dienone is 1. The van der Waals surface area contributed by atoms with Gasteiger partial charge in [-0.1, -0.05) is 19.1 Å². The van der Waals surface area contributed by atoms with Crippen LogP contribution in [0, 0.1) is 0 Å². The Bertz CT molecular complexity index is 316. The third-order valence-electron chi connectivity index (χ3n) is 1.97. The van der Waals surface area contributed by atoms with Gasteiger partial charge in [-0.15, -0.1) is 0 Å². The molecule has 0 heterocycles. The fraction of sp³-hybridized carbons (Fsp3) is 0.333. The minimum absolute atomic E-state index is 0.815. The number of methoxy groups -OCH3 is 2.